The number of allylic oxidation sites excluding steroid dienone is 4. The van der Waals surface area contributed by atoms with Crippen LogP contribution in [0.3, 0.4) is 0 Å². The Bertz CT molecular complexity index is 1230. The molecule has 0 N–H and O–H groups in total. The van der Waals surface area contributed by atoms with Crippen LogP contribution in [0.1, 0.15) is 49.4 Å². The average Bonchev–Trinajstić information content (AvgIpc) is 3.38. The quantitative estimate of drug-likeness (QED) is 0.298. The van der Waals surface area contributed by atoms with E-state index in [0.29, 0.717) is 0 Å². The third-order valence-electron chi connectivity index (χ3n) is 6.69. The van der Waals surface area contributed by atoms with Gasteiger partial charge in [-0.05, 0) is 0 Å². The Hall–Kier alpha value is -2.11. The minimum atomic E-state index is -2.13. The Labute approximate surface area is 194 Å². The molecule has 2 aliphatic rings. The van der Waals surface area contributed by atoms with Crippen LogP contribution >= 0.6 is 0 Å². The van der Waals surface area contributed by atoms with Crippen LogP contribution in [0.4, 0.5) is 0 Å². The molecule has 0 unspecified atom stereocenters. The summed E-state index contributed by atoms with van der Waals surface area (Å²) in [5.41, 5.74) is 12.0. The fourth-order valence-corrected chi connectivity index (χ4v) is 10.4. The van der Waals surface area contributed by atoms with Gasteiger partial charge in [0.25, 0.3) is 0 Å². The third-order valence-corrected chi connectivity index (χ3v) is 11.9. The van der Waals surface area contributed by atoms with E-state index in [4.69, 9.17) is 4.21 Å². The monoisotopic (exact) mass is 480 g/mol. The predicted molar refractivity (Wildman–Crippen MR) is 132 cm³/mol. The van der Waals surface area contributed by atoms with Gasteiger partial charge in [0.1, 0.15) is 0 Å². The van der Waals surface area contributed by atoms with Crippen LogP contribution in [0.2, 0.25) is 0 Å². The number of benzene rings is 3. The number of hydrogen-bond donors (Lipinski definition) is 0. The van der Waals surface area contributed by atoms with E-state index < -0.39 is 21.3 Å². The van der Waals surface area contributed by atoms with Gasteiger partial charge in [-0.2, -0.15) is 0 Å². The number of fused-ring (bicyclic) bond motifs is 3. The van der Waals surface area contributed by atoms with Gasteiger partial charge in [-0.3, -0.25) is 0 Å². The van der Waals surface area contributed by atoms with Crippen molar-refractivity contribution in [2.75, 3.05) is 0 Å². The first-order valence-corrected chi connectivity index (χ1v) is 16.0. The van der Waals surface area contributed by atoms with E-state index in [-0.39, 0.29) is 5.41 Å². The first kappa shape index (κ1) is 20.8. The Morgan fingerprint density at radius 3 is 2.29 bits per heavy atom. The van der Waals surface area contributed by atoms with E-state index in [1.807, 2.05) is 0 Å². The molecule has 3 aromatic carbocycles. The van der Waals surface area contributed by atoms with Crippen molar-refractivity contribution in [2.45, 2.75) is 37.7 Å². The summed E-state index contributed by atoms with van der Waals surface area (Å²) in [5, 5.41) is 0. The zero-order valence-electron chi connectivity index (χ0n) is 18.8. The molecule has 0 radical (unpaired) electrons. The molecular weight excluding hydrogens is 452 g/mol. The Morgan fingerprint density at radius 1 is 0.839 bits per heavy atom. The van der Waals surface area contributed by atoms with Crippen molar-refractivity contribution in [3.63, 3.8) is 0 Å². The van der Waals surface area contributed by atoms with Gasteiger partial charge in [-0.15, -0.1) is 0 Å². The number of rotatable bonds is 4. The summed E-state index contributed by atoms with van der Waals surface area (Å²) < 4.78 is 7.71. The molecule has 1 heteroatoms. The summed E-state index contributed by atoms with van der Waals surface area (Å²) in [6.07, 6.45) is 7.01. The maximum atomic E-state index is 4.90. The van der Waals surface area contributed by atoms with Crippen molar-refractivity contribution in [1.29, 1.82) is 0 Å². The van der Waals surface area contributed by atoms with Gasteiger partial charge in [-0.1, -0.05) is 0 Å². The van der Waals surface area contributed by atoms with Crippen molar-refractivity contribution in [2.24, 2.45) is 5.41 Å². The molecule has 0 saturated heterocycles. The summed E-state index contributed by atoms with van der Waals surface area (Å²) in [4.78, 5) is 0. The zero-order chi connectivity index (χ0) is 21.6. The molecule has 3 aromatic rings. The molecule has 0 spiro atoms. The topological polar surface area (TPSA) is 0 Å². The zero-order valence-corrected chi connectivity index (χ0v) is 21.3. The second kappa shape index (κ2) is 8.10. The molecule has 5 rings (SSSR count). The van der Waals surface area contributed by atoms with Crippen molar-refractivity contribution >= 4 is 13.1 Å². The normalized spacial score (nSPS) is 14.7. The second-order valence-electron chi connectivity index (χ2n) is 9.90. The Morgan fingerprint density at radius 2 is 1.55 bits per heavy atom. The Kier molecular flexibility index (Phi) is 5.43. The molecule has 31 heavy (non-hydrogen) atoms. The molecule has 0 amide bonds. The molecule has 0 nitrogen and oxygen atoms in total. The molecule has 0 bridgehead atoms. The summed E-state index contributed by atoms with van der Waals surface area (Å²) in [6.45, 7) is 6.95. The van der Waals surface area contributed by atoms with E-state index in [1.165, 1.54) is 39.0 Å². The van der Waals surface area contributed by atoms with Crippen molar-refractivity contribution in [3.8, 4) is 11.1 Å². The summed E-state index contributed by atoms with van der Waals surface area (Å²) in [6, 6.07) is 24.7. The van der Waals surface area contributed by atoms with Gasteiger partial charge in [0.15, 0.2) is 0 Å². The van der Waals surface area contributed by atoms with Gasteiger partial charge >= 0.3 is 195 Å². The average molecular weight is 482 g/mol. The molecule has 0 aliphatic heterocycles. The summed E-state index contributed by atoms with van der Waals surface area (Å²) >= 11 is -2.13. The number of hydrogen-bond acceptors (Lipinski definition) is 0. The molecule has 0 saturated carbocycles. The minimum absolute atomic E-state index is 0.199. The van der Waals surface area contributed by atoms with E-state index in [1.54, 1.807) is 8.83 Å². The fraction of sp³-hybridized carbons (Fsp3) is 0.233. The molecule has 0 atom stereocenters. The van der Waals surface area contributed by atoms with Gasteiger partial charge in [-0.25, -0.2) is 0 Å². The summed E-state index contributed by atoms with van der Waals surface area (Å²) in [5.74, 6) is 0. The van der Waals surface area contributed by atoms with Gasteiger partial charge < -0.3 is 0 Å². The maximum absolute atomic E-state index is 4.90. The summed E-state index contributed by atoms with van der Waals surface area (Å²) in [7, 11) is 0. The first-order chi connectivity index (χ1) is 14.9. The molecule has 154 valence electrons. The second-order valence-corrected chi connectivity index (χ2v) is 15.0. The molecule has 0 heterocycles. The van der Waals surface area contributed by atoms with Gasteiger partial charge in [0.2, 0.25) is 0 Å². The molecule has 2 aliphatic carbocycles. The van der Waals surface area contributed by atoms with Crippen LogP contribution in [-0.4, -0.2) is 4.21 Å². The van der Waals surface area contributed by atoms with Crippen molar-refractivity contribution in [3.05, 3.63) is 107 Å². The van der Waals surface area contributed by atoms with E-state index in [2.05, 4.69) is 99.7 Å². The predicted octanol–water partition coefficient (Wildman–Crippen LogP) is 6.89. The van der Waals surface area contributed by atoms with Crippen LogP contribution < -0.4 is 3.27 Å². The van der Waals surface area contributed by atoms with Crippen LogP contribution in [-0.2, 0) is 31.8 Å². The van der Waals surface area contributed by atoms with Crippen LogP contribution in [0.5, 0.6) is 0 Å². The van der Waals surface area contributed by atoms with Crippen molar-refractivity contribution < 1.29 is 21.3 Å². The van der Waals surface area contributed by atoms with Crippen molar-refractivity contribution in [1.82, 2.24) is 0 Å². The molecule has 0 fully saturated rings. The Balaban J connectivity index is 1.63. The van der Waals surface area contributed by atoms with E-state index in [9.17, 15) is 0 Å². The third kappa shape index (κ3) is 3.94. The van der Waals surface area contributed by atoms with Crippen LogP contribution in [0.15, 0.2) is 84.5 Å². The standard InChI is InChI=1S/C22H21.C7H7.CH2.Zr/c1-22(2,3)19-10-8-16(14-19)15-9-11-21-18(12-15)13-17-6-4-5-7-20(17)21;1-7-5-3-2-4-6-7;;/h4-7,9-11,14H,8,13H2,1-3H3;2-6H,1H2;1H2;. The van der Waals surface area contributed by atoms with Crippen LogP contribution in [0.25, 0.3) is 16.7 Å². The molecular formula is C30H30Zr. The first-order valence-electron chi connectivity index (χ1n) is 11.3. The van der Waals surface area contributed by atoms with E-state index in [0.717, 1.165) is 17.0 Å². The van der Waals surface area contributed by atoms with Gasteiger partial charge in [0.05, 0.1) is 0 Å². The SMILES string of the molecule is [CH2]=[Zr]([CH2]c1ccccc1)[c]1c(C2=CC(C(C)(C)C)=CC2)ccc2c1Cc1ccccc1-2. The van der Waals surface area contributed by atoms with E-state index >= 15 is 0 Å². The fourth-order valence-electron chi connectivity index (χ4n) is 5.05. The molecule has 0 aromatic heterocycles. The van der Waals surface area contributed by atoms with Crippen LogP contribution in [0, 0.1) is 5.41 Å². The van der Waals surface area contributed by atoms with Gasteiger partial charge in [0, 0.05) is 0 Å².